The van der Waals surface area contributed by atoms with Crippen LogP contribution in [0, 0.1) is 11.3 Å². The molecule has 3 aromatic heterocycles. The molecule has 4 aliphatic rings. The van der Waals surface area contributed by atoms with Gasteiger partial charge in [0.15, 0.2) is 0 Å². The number of piperidine rings is 1. The van der Waals surface area contributed by atoms with E-state index in [-0.39, 0.29) is 12.2 Å². The lowest BCUT2D eigenvalue weighted by Crippen LogP contribution is -2.67. The second-order valence-electron chi connectivity index (χ2n) is 8.52. The maximum absolute atomic E-state index is 9.54. The van der Waals surface area contributed by atoms with E-state index in [0.29, 0.717) is 36.2 Å². The fraction of sp³-hybridized carbons (Fsp3) is 0.409. The predicted octanol–water partition coefficient (Wildman–Crippen LogP) is 1.72. The summed E-state index contributed by atoms with van der Waals surface area (Å²) in [6.07, 6.45) is 7.50. The van der Waals surface area contributed by atoms with Crippen molar-refractivity contribution in [3.05, 3.63) is 42.4 Å². The van der Waals surface area contributed by atoms with Gasteiger partial charge in [0.1, 0.15) is 23.7 Å². The molecule has 0 aromatic carbocycles. The van der Waals surface area contributed by atoms with E-state index in [4.69, 9.17) is 9.72 Å². The fourth-order valence-corrected chi connectivity index (χ4v) is 4.72. The van der Waals surface area contributed by atoms with Crippen molar-refractivity contribution in [2.75, 3.05) is 18.0 Å². The van der Waals surface area contributed by atoms with Gasteiger partial charge in [-0.25, -0.2) is 9.50 Å². The topological polar surface area (TPSA) is 98.7 Å². The maximum Gasteiger partial charge on any atom is 0.138 e. The Kier molecular flexibility index (Phi) is 3.94. The number of hydrogen-bond donors (Lipinski definition) is 2. The summed E-state index contributed by atoms with van der Waals surface area (Å²) in [7, 11) is 0. The number of nitrogens with one attached hydrogen (secondary N) is 1. The van der Waals surface area contributed by atoms with Crippen molar-refractivity contribution >= 4 is 11.3 Å². The molecule has 1 aliphatic carbocycles. The molecular weight excluding hydrogens is 380 g/mol. The molecule has 30 heavy (non-hydrogen) atoms. The third kappa shape index (κ3) is 2.90. The summed E-state index contributed by atoms with van der Waals surface area (Å²) in [6, 6.07) is 9.43. The summed E-state index contributed by atoms with van der Waals surface area (Å²) < 4.78 is 7.72. The summed E-state index contributed by atoms with van der Waals surface area (Å²) in [5.41, 5.74) is 3.04. The van der Waals surface area contributed by atoms with Gasteiger partial charge in [0.25, 0.3) is 0 Å². The lowest BCUT2D eigenvalue weighted by atomic mass is 9.91. The van der Waals surface area contributed by atoms with E-state index in [9.17, 15) is 10.4 Å². The lowest BCUT2D eigenvalue weighted by molar-refractivity contribution is -0.0109. The van der Waals surface area contributed by atoms with Crippen molar-refractivity contribution in [1.82, 2.24) is 19.9 Å². The molecule has 7 rings (SSSR count). The number of fused-ring (bicyclic) bond motifs is 3. The van der Waals surface area contributed by atoms with Crippen LogP contribution in [0.3, 0.4) is 0 Å². The van der Waals surface area contributed by atoms with Gasteiger partial charge < -0.3 is 20.1 Å². The highest BCUT2D eigenvalue weighted by atomic mass is 16.5. The van der Waals surface area contributed by atoms with Crippen LogP contribution < -0.4 is 15.0 Å². The molecule has 8 nitrogen and oxygen atoms in total. The number of nitrogens with zero attached hydrogens (tertiary/aromatic N) is 5. The monoisotopic (exact) mass is 402 g/mol. The minimum absolute atomic E-state index is 0.0101. The van der Waals surface area contributed by atoms with Crippen LogP contribution in [0.1, 0.15) is 24.8 Å². The Hall–Kier alpha value is -3.15. The predicted molar refractivity (Wildman–Crippen MR) is 110 cm³/mol. The first-order valence-corrected chi connectivity index (χ1v) is 10.4. The number of ether oxygens (including phenoxy) is 1. The van der Waals surface area contributed by atoms with Gasteiger partial charge in [0.05, 0.1) is 29.6 Å². The average Bonchev–Trinajstić information content (AvgIpc) is 3.15. The molecule has 1 saturated carbocycles. The Balaban J connectivity index is 1.35. The third-order valence-electron chi connectivity index (χ3n) is 6.38. The van der Waals surface area contributed by atoms with Gasteiger partial charge in [-0.1, -0.05) is 0 Å². The van der Waals surface area contributed by atoms with E-state index in [1.54, 1.807) is 16.9 Å². The number of nitriles is 1. The maximum atomic E-state index is 9.54. The highest BCUT2D eigenvalue weighted by molar-refractivity contribution is 5.85. The highest BCUT2D eigenvalue weighted by Gasteiger charge is 2.36. The van der Waals surface area contributed by atoms with Crippen LogP contribution in [0.5, 0.6) is 5.75 Å². The normalized spacial score (nSPS) is 27.3. The van der Waals surface area contributed by atoms with Gasteiger partial charge in [0, 0.05) is 55.3 Å². The highest BCUT2D eigenvalue weighted by Crippen LogP contribution is 2.34. The summed E-state index contributed by atoms with van der Waals surface area (Å²) >= 11 is 0. The van der Waals surface area contributed by atoms with Crippen LogP contribution >= 0.6 is 0 Å². The summed E-state index contributed by atoms with van der Waals surface area (Å²) in [6.45, 7) is 1.98. The van der Waals surface area contributed by atoms with Crippen LogP contribution in [0.4, 0.5) is 5.82 Å². The molecule has 2 atom stereocenters. The fourth-order valence-electron chi connectivity index (χ4n) is 4.72. The zero-order valence-electron chi connectivity index (χ0n) is 16.4. The van der Waals surface area contributed by atoms with Gasteiger partial charge >= 0.3 is 0 Å². The molecule has 6 heterocycles. The Bertz CT molecular complexity index is 1130. The molecule has 2 unspecified atom stereocenters. The molecule has 0 amide bonds. The molecule has 3 aromatic rings. The van der Waals surface area contributed by atoms with Crippen LogP contribution in [0.15, 0.2) is 36.8 Å². The van der Waals surface area contributed by atoms with Gasteiger partial charge in [-0.15, -0.1) is 0 Å². The first kappa shape index (κ1) is 17.7. The third-order valence-corrected chi connectivity index (χ3v) is 6.38. The second-order valence-corrected chi connectivity index (χ2v) is 8.52. The van der Waals surface area contributed by atoms with Crippen molar-refractivity contribution in [2.45, 2.75) is 43.6 Å². The van der Waals surface area contributed by atoms with E-state index in [0.717, 1.165) is 35.6 Å². The van der Waals surface area contributed by atoms with Gasteiger partial charge in [-0.2, -0.15) is 10.4 Å². The summed E-state index contributed by atoms with van der Waals surface area (Å²) in [5.74, 6) is 1.66. The van der Waals surface area contributed by atoms with Crippen molar-refractivity contribution < 1.29 is 9.84 Å². The molecule has 2 bridgehead atoms. The zero-order chi connectivity index (χ0) is 20.2. The SMILES string of the molecule is N#Cc1cnn2cc(OC3CC(O)C3)cc(-c3ccc(N4CC5CC(C4)N5)nc3)c12. The van der Waals surface area contributed by atoms with Crippen molar-refractivity contribution in [2.24, 2.45) is 0 Å². The van der Waals surface area contributed by atoms with E-state index >= 15 is 0 Å². The van der Waals surface area contributed by atoms with Gasteiger partial charge in [0.2, 0.25) is 0 Å². The number of piperazine rings is 1. The Morgan fingerprint density at radius 3 is 2.63 bits per heavy atom. The number of hydrogen-bond acceptors (Lipinski definition) is 7. The molecule has 8 heteroatoms. The molecule has 3 saturated heterocycles. The zero-order valence-corrected chi connectivity index (χ0v) is 16.4. The number of pyridine rings is 2. The number of rotatable bonds is 4. The van der Waals surface area contributed by atoms with E-state index in [1.807, 2.05) is 12.3 Å². The number of aliphatic hydroxyl groups is 1. The quantitative estimate of drug-likeness (QED) is 0.686. The van der Waals surface area contributed by atoms with Crippen molar-refractivity contribution in [3.63, 3.8) is 0 Å². The van der Waals surface area contributed by atoms with Crippen LogP contribution in [-0.4, -0.2) is 57.1 Å². The molecule has 4 fully saturated rings. The molecule has 2 N–H and O–H groups in total. The molecule has 152 valence electrons. The number of anilines is 1. The molecule has 0 radical (unpaired) electrons. The van der Waals surface area contributed by atoms with Gasteiger partial charge in [-0.05, 0) is 24.6 Å². The lowest BCUT2D eigenvalue weighted by Gasteiger charge is -2.48. The molecule has 3 aliphatic heterocycles. The number of aliphatic hydroxyl groups excluding tert-OH is 1. The Labute approximate surface area is 173 Å². The standard InChI is InChI=1S/C22H22N6O2/c23-7-14-9-25-28-12-19(30-18-4-17(29)5-18)6-20(22(14)28)13-1-2-21(24-8-13)27-10-15-3-16(11-27)26-15/h1-2,6,8-9,12,15-18,26,29H,3-5,10-11H2. The molecular formula is C22H22N6O2. The van der Waals surface area contributed by atoms with Crippen LogP contribution in [-0.2, 0) is 0 Å². The first-order valence-electron chi connectivity index (χ1n) is 10.4. The second kappa shape index (κ2) is 6.69. The molecule has 0 spiro atoms. The largest absolute Gasteiger partial charge is 0.489 e. The average molecular weight is 402 g/mol. The first-order chi connectivity index (χ1) is 14.7. The smallest absolute Gasteiger partial charge is 0.138 e. The van der Waals surface area contributed by atoms with Crippen molar-refractivity contribution in [3.8, 4) is 22.9 Å². The number of aromatic nitrogens is 3. The van der Waals surface area contributed by atoms with Crippen LogP contribution in [0.25, 0.3) is 16.6 Å². The summed E-state index contributed by atoms with van der Waals surface area (Å²) in [5, 5.41) is 27.0. The van der Waals surface area contributed by atoms with E-state index < -0.39 is 0 Å². The summed E-state index contributed by atoms with van der Waals surface area (Å²) in [4.78, 5) is 7.05. The van der Waals surface area contributed by atoms with Gasteiger partial charge in [-0.3, -0.25) is 0 Å². The van der Waals surface area contributed by atoms with E-state index in [2.05, 4.69) is 33.5 Å². The minimum atomic E-state index is -0.277. The van der Waals surface area contributed by atoms with Crippen molar-refractivity contribution in [1.29, 1.82) is 5.26 Å². The Morgan fingerprint density at radius 2 is 1.97 bits per heavy atom. The van der Waals surface area contributed by atoms with Crippen LogP contribution in [0.2, 0.25) is 0 Å². The Morgan fingerprint density at radius 1 is 1.17 bits per heavy atom. The minimum Gasteiger partial charge on any atom is -0.489 e. The van der Waals surface area contributed by atoms with E-state index in [1.165, 1.54) is 6.42 Å².